The maximum atomic E-state index is 4.44. The summed E-state index contributed by atoms with van der Waals surface area (Å²) in [5.74, 6) is 1.37. The molecule has 0 atom stereocenters. The van der Waals surface area contributed by atoms with Gasteiger partial charge in [0.1, 0.15) is 5.82 Å². The molecule has 3 nitrogen and oxygen atoms in total. The van der Waals surface area contributed by atoms with E-state index in [9.17, 15) is 0 Å². The summed E-state index contributed by atoms with van der Waals surface area (Å²) in [5, 5.41) is 4.36. The second-order valence-corrected chi connectivity index (χ2v) is 4.52. The van der Waals surface area contributed by atoms with Gasteiger partial charge in [0.25, 0.3) is 0 Å². The third-order valence-electron chi connectivity index (χ3n) is 2.27. The first-order valence-electron chi connectivity index (χ1n) is 5.27. The number of aromatic nitrogens is 2. The van der Waals surface area contributed by atoms with Crippen molar-refractivity contribution in [2.75, 3.05) is 5.32 Å². The highest BCUT2D eigenvalue weighted by molar-refractivity contribution is 7.09. The fraction of sp³-hybridized carbons (Fsp3) is 0.800. The average Bonchev–Trinajstić information content (AvgIpc) is 2.62. The molecule has 14 heavy (non-hydrogen) atoms. The van der Waals surface area contributed by atoms with Gasteiger partial charge in [-0.05, 0) is 12.8 Å². The van der Waals surface area contributed by atoms with Crippen molar-refractivity contribution in [1.82, 2.24) is 9.36 Å². The summed E-state index contributed by atoms with van der Waals surface area (Å²) in [6.07, 6.45) is 2.26. The van der Waals surface area contributed by atoms with E-state index in [0.29, 0.717) is 12.0 Å². The van der Waals surface area contributed by atoms with Crippen LogP contribution in [0.15, 0.2) is 0 Å². The molecule has 0 aromatic carbocycles. The largest absolute Gasteiger partial charge is 0.358 e. The maximum Gasteiger partial charge on any atom is 0.202 e. The monoisotopic (exact) mass is 213 g/mol. The Balaban J connectivity index is 2.58. The molecule has 0 aliphatic carbocycles. The van der Waals surface area contributed by atoms with Gasteiger partial charge in [-0.25, -0.2) is 4.98 Å². The molecule has 1 rings (SSSR count). The molecule has 0 aliphatic heterocycles. The van der Waals surface area contributed by atoms with Crippen LogP contribution in [0.25, 0.3) is 0 Å². The minimum absolute atomic E-state index is 0.420. The Morgan fingerprint density at radius 3 is 2.36 bits per heavy atom. The summed E-state index contributed by atoms with van der Waals surface area (Å²) >= 11 is 1.46. The molecule has 0 aliphatic rings. The highest BCUT2D eigenvalue weighted by Gasteiger charge is 2.09. The van der Waals surface area contributed by atoms with Gasteiger partial charge in [0, 0.05) is 23.5 Å². The van der Waals surface area contributed by atoms with E-state index in [1.165, 1.54) is 11.5 Å². The van der Waals surface area contributed by atoms with Crippen molar-refractivity contribution in [3.63, 3.8) is 0 Å². The Hall–Kier alpha value is -0.640. The lowest BCUT2D eigenvalue weighted by atomic mass is 10.2. The number of hydrogen-bond acceptors (Lipinski definition) is 4. The van der Waals surface area contributed by atoms with Crippen LogP contribution < -0.4 is 5.32 Å². The Morgan fingerprint density at radius 2 is 1.93 bits per heavy atom. The van der Waals surface area contributed by atoms with E-state index in [4.69, 9.17) is 0 Å². The van der Waals surface area contributed by atoms with Crippen LogP contribution in [0, 0.1) is 0 Å². The summed E-state index contributed by atoms with van der Waals surface area (Å²) in [7, 11) is 0. The van der Waals surface area contributed by atoms with E-state index in [0.717, 1.165) is 23.8 Å². The van der Waals surface area contributed by atoms with E-state index in [2.05, 4.69) is 42.4 Å². The van der Waals surface area contributed by atoms with Gasteiger partial charge in [-0.2, -0.15) is 4.37 Å². The highest BCUT2D eigenvalue weighted by atomic mass is 32.1. The van der Waals surface area contributed by atoms with Crippen molar-refractivity contribution in [3.8, 4) is 0 Å². The molecule has 0 saturated carbocycles. The first kappa shape index (κ1) is 11.4. The first-order valence-corrected chi connectivity index (χ1v) is 6.04. The van der Waals surface area contributed by atoms with Crippen LogP contribution in [0.4, 0.5) is 5.13 Å². The topological polar surface area (TPSA) is 37.8 Å². The van der Waals surface area contributed by atoms with Crippen molar-refractivity contribution >= 4 is 16.7 Å². The molecule has 0 saturated heterocycles. The molecule has 80 valence electrons. The summed E-state index contributed by atoms with van der Waals surface area (Å²) in [5.41, 5.74) is 0. The predicted octanol–water partition coefficient (Wildman–Crippen LogP) is 3.26. The van der Waals surface area contributed by atoms with E-state index in [1.807, 2.05) is 0 Å². The molecule has 0 fully saturated rings. The Morgan fingerprint density at radius 1 is 1.29 bits per heavy atom. The quantitative estimate of drug-likeness (QED) is 0.815. The molecule has 0 radical (unpaired) electrons. The van der Waals surface area contributed by atoms with Gasteiger partial charge >= 0.3 is 0 Å². The Kier molecular flexibility index (Phi) is 4.32. The van der Waals surface area contributed by atoms with Crippen LogP contribution in [0.5, 0.6) is 0 Å². The van der Waals surface area contributed by atoms with Gasteiger partial charge in [-0.15, -0.1) is 0 Å². The van der Waals surface area contributed by atoms with Gasteiger partial charge in [0.2, 0.25) is 5.13 Å². The number of hydrogen-bond donors (Lipinski definition) is 1. The molecule has 0 amide bonds. The van der Waals surface area contributed by atoms with Crippen LogP contribution in [0.3, 0.4) is 0 Å². The minimum Gasteiger partial charge on any atom is -0.358 e. The second-order valence-electron chi connectivity index (χ2n) is 3.77. The van der Waals surface area contributed by atoms with Crippen molar-refractivity contribution in [3.05, 3.63) is 5.82 Å². The van der Waals surface area contributed by atoms with E-state index in [-0.39, 0.29) is 0 Å². The number of rotatable bonds is 5. The molecule has 0 spiro atoms. The molecule has 0 bridgehead atoms. The molecule has 0 unspecified atom stereocenters. The third kappa shape index (κ3) is 2.94. The minimum atomic E-state index is 0.420. The lowest BCUT2D eigenvalue weighted by Crippen LogP contribution is -2.16. The van der Waals surface area contributed by atoms with E-state index in [1.54, 1.807) is 0 Å². The Bertz CT molecular complexity index is 266. The van der Waals surface area contributed by atoms with Crippen LogP contribution in [-0.4, -0.2) is 15.4 Å². The normalized spacial score (nSPS) is 11.3. The molecule has 1 N–H and O–H groups in total. The molecule has 1 heterocycles. The van der Waals surface area contributed by atoms with Crippen molar-refractivity contribution in [1.29, 1.82) is 0 Å². The van der Waals surface area contributed by atoms with Crippen molar-refractivity contribution in [2.45, 2.75) is 52.5 Å². The fourth-order valence-electron chi connectivity index (χ4n) is 1.20. The number of anilines is 1. The number of nitrogens with one attached hydrogen (secondary N) is 1. The van der Waals surface area contributed by atoms with Gasteiger partial charge < -0.3 is 5.32 Å². The van der Waals surface area contributed by atoms with Gasteiger partial charge in [-0.3, -0.25) is 0 Å². The molecular weight excluding hydrogens is 194 g/mol. The van der Waals surface area contributed by atoms with E-state index < -0.39 is 0 Å². The lowest BCUT2D eigenvalue weighted by Gasteiger charge is -2.12. The SMILES string of the molecule is CCC(CC)Nc1nc(C(C)C)ns1. The average molecular weight is 213 g/mol. The molecule has 4 heteroatoms. The van der Waals surface area contributed by atoms with Crippen LogP contribution in [0.2, 0.25) is 0 Å². The number of nitrogens with zero attached hydrogens (tertiary/aromatic N) is 2. The van der Waals surface area contributed by atoms with Crippen LogP contribution >= 0.6 is 11.5 Å². The van der Waals surface area contributed by atoms with Gasteiger partial charge in [0.15, 0.2) is 0 Å². The summed E-state index contributed by atoms with van der Waals surface area (Å²) in [6, 6.07) is 0.531. The van der Waals surface area contributed by atoms with E-state index >= 15 is 0 Å². The first-order chi connectivity index (χ1) is 6.67. The fourth-order valence-corrected chi connectivity index (χ4v) is 1.98. The summed E-state index contributed by atoms with van der Waals surface area (Å²) in [4.78, 5) is 4.44. The zero-order valence-electron chi connectivity index (χ0n) is 9.37. The maximum absolute atomic E-state index is 4.44. The zero-order chi connectivity index (χ0) is 10.6. The van der Waals surface area contributed by atoms with Gasteiger partial charge in [0.05, 0.1) is 0 Å². The van der Waals surface area contributed by atoms with Gasteiger partial charge in [-0.1, -0.05) is 27.7 Å². The van der Waals surface area contributed by atoms with Crippen LogP contribution in [-0.2, 0) is 0 Å². The Labute approximate surface area is 90.1 Å². The molecular formula is C10H19N3S. The summed E-state index contributed by atoms with van der Waals surface area (Å²) in [6.45, 7) is 8.60. The van der Waals surface area contributed by atoms with Crippen LogP contribution in [0.1, 0.15) is 52.3 Å². The van der Waals surface area contributed by atoms with Crippen molar-refractivity contribution in [2.24, 2.45) is 0 Å². The smallest absolute Gasteiger partial charge is 0.202 e. The lowest BCUT2D eigenvalue weighted by molar-refractivity contribution is 0.669. The molecule has 1 aromatic heterocycles. The standard InChI is InChI=1S/C10H19N3S/c1-5-8(6-2)11-10-12-9(7(3)4)13-14-10/h7-8H,5-6H2,1-4H3,(H,11,12,13). The zero-order valence-corrected chi connectivity index (χ0v) is 10.2. The van der Waals surface area contributed by atoms with Crippen molar-refractivity contribution < 1.29 is 0 Å². The second kappa shape index (κ2) is 5.29. The third-order valence-corrected chi connectivity index (χ3v) is 2.93. The predicted molar refractivity (Wildman–Crippen MR) is 62.0 cm³/mol. The summed E-state index contributed by atoms with van der Waals surface area (Å²) < 4.78 is 4.31. The molecule has 1 aromatic rings. The highest BCUT2D eigenvalue weighted by Crippen LogP contribution is 2.18.